The van der Waals surface area contributed by atoms with Gasteiger partial charge < -0.3 is 4.74 Å². The van der Waals surface area contributed by atoms with Crippen molar-refractivity contribution in [2.45, 2.75) is 6.92 Å². The van der Waals surface area contributed by atoms with Crippen LogP contribution in [0.4, 0.5) is 5.13 Å². The number of ether oxygens (including phenoxy) is 1. The smallest absolute Gasteiger partial charge is 0.234 e. The molecule has 0 aliphatic heterocycles. The van der Waals surface area contributed by atoms with Gasteiger partial charge in [-0.25, -0.2) is 0 Å². The number of hydrogen-bond acceptors (Lipinski definition) is 5. The van der Waals surface area contributed by atoms with Crippen LogP contribution in [-0.4, -0.2) is 23.2 Å². The van der Waals surface area contributed by atoms with Crippen molar-refractivity contribution in [1.29, 1.82) is 0 Å². The Bertz CT molecular complexity index is 197. The van der Waals surface area contributed by atoms with Crippen molar-refractivity contribution in [2.24, 2.45) is 4.99 Å². The molecule has 5 heteroatoms. The Balaban J connectivity index is 2.40. The van der Waals surface area contributed by atoms with Gasteiger partial charge in [-0.15, -0.1) is 10.2 Å². The van der Waals surface area contributed by atoms with Crippen LogP contribution >= 0.6 is 11.3 Å². The minimum Gasteiger partial charge on any atom is -0.483 e. The van der Waals surface area contributed by atoms with Gasteiger partial charge in [0.05, 0.1) is 6.61 Å². The van der Waals surface area contributed by atoms with Gasteiger partial charge in [0.1, 0.15) is 5.51 Å². The zero-order chi connectivity index (χ0) is 7.23. The first-order valence-corrected chi connectivity index (χ1v) is 3.71. The normalized spacial score (nSPS) is 10.5. The molecule has 0 aliphatic carbocycles. The second kappa shape index (κ2) is 3.94. The summed E-state index contributed by atoms with van der Waals surface area (Å²) in [7, 11) is 0. The fourth-order valence-electron chi connectivity index (χ4n) is 0.380. The van der Waals surface area contributed by atoms with Gasteiger partial charge >= 0.3 is 0 Å². The monoisotopic (exact) mass is 157 g/mol. The lowest BCUT2D eigenvalue weighted by atomic mass is 10.9. The molecule has 0 aliphatic rings. The summed E-state index contributed by atoms with van der Waals surface area (Å²) >= 11 is 1.37. The van der Waals surface area contributed by atoms with Crippen LogP contribution in [0.15, 0.2) is 10.5 Å². The van der Waals surface area contributed by atoms with E-state index in [2.05, 4.69) is 15.2 Å². The molecule has 0 spiro atoms. The second-order valence-electron chi connectivity index (χ2n) is 1.41. The molecule has 54 valence electrons. The van der Waals surface area contributed by atoms with Crippen molar-refractivity contribution in [3.63, 3.8) is 0 Å². The maximum absolute atomic E-state index is 4.85. The lowest BCUT2D eigenvalue weighted by Gasteiger charge is -1.87. The van der Waals surface area contributed by atoms with Gasteiger partial charge in [-0.3, -0.25) is 0 Å². The quantitative estimate of drug-likeness (QED) is 0.489. The minimum absolute atomic E-state index is 0.619. The lowest BCUT2D eigenvalue weighted by molar-refractivity contribution is 0.344. The van der Waals surface area contributed by atoms with Crippen molar-refractivity contribution in [3.05, 3.63) is 5.51 Å². The number of aliphatic imine (C=N–C) groups is 1. The second-order valence-corrected chi connectivity index (χ2v) is 2.22. The first-order valence-electron chi connectivity index (χ1n) is 2.83. The van der Waals surface area contributed by atoms with E-state index in [0.29, 0.717) is 11.7 Å². The lowest BCUT2D eigenvalue weighted by Crippen LogP contribution is -1.83. The van der Waals surface area contributed by atoms with Crippen LogP contribution in [0.1, 0.15) is 6.92 Å². The Labute approximate surface area is 62.6 Å². The molecule has 0 aromatic carbocycles. The molecule has 0 unspecified atom stereocenters. The van der Waals surface area contributed by atoms with Crippen LogP contribution in [0.5, 0.6) is 0 Å². The Morgan fingerprint density at radius 2 is 2.80 bits per heavy atom. The van der Waals surface area contributed by atoms with E-state index in [1.165, 1.54) is 17.7 Å². The molecule has 0 fully saturated rings. The third-order valence-corrected chi connectivity index (χ3v) is 1.35. The van der Waals surface area contributed by atoms with E-state index in [0.717, 1.165) is 0 Å². The molecule has 10 heavy (non-hydrogen) atoms. The van der Waals surface area contributed by atoms with E-state index in [-0.39, 0.29) is 0 Å². The van der Waals surface area contributed by atoms with Crippen molar-refractivity contribution < 1.29 is 4.74 Å². The van der Waals surface area contributed by atoms with Gasteiger partial charge in [0.15, 0.2) is 6.40 Å². The molecule has 0 atom stereocenters. The van der Waals surface area contributed by atoms with Gasteiger partial charge in [-0.1, -0.05) is 11.3 Å². The zero-order valence-electron chi connectivity index (χ0n) is 5.52. The van der Waals surface area contributed by atoms with E-state index in [1.807, 2.05) is 6.92 Å². The van der Waals surface area contributed by atoms with E-state index in [1.54, 1.807) is 5.51 Å². The summed E-state index contributed by atoms with van der Waals surface area (Å²) in [4.78, 5) is 3.85. The van der Waals surface area contributed by atoms with E-state index in [4.69, 9.17) is 4.74 Å². The molecule has 0 bridgehead atoms. The number of hydrogen-bond donors (Lipinski definition) is 0. The molecule has 0 saturated carbocycles. The maximum Gasteiger partial charge on any atom is 0.234 e. The molecule has 0 N–H and O–H groups in total. The Morgan fingerprint density at radius 1 is 1.90 bits per heavy atom. The third-order valence-electron chi connectivity index (χ3n) is 0.753. The summed E-state index contributed by atoms with van der Waals surface area (Å²) in [6.45, 7) is 2.52. The summed E-state index contributed by atoms with van der Waals surface area (Å²) in [5.74, 6) is 0. The molecule has 0 saturated heterocycles. The Morgan fingerprint density at radius 3 is 3.40 bits per heavy atom. The minimum atomic E-state index is 0.619. The molecule has 1 rings (SSSR count). The van der Waals surface area contributed by atoms with Gasteiger partial charge in [-0.05, 0) is 6.92 Å². The molecule has 0 radical (unpaired) electrons. The van der Waals surface area contributed by atoms with Crippen LogP contribution in [0.25, 0.3) is 0 Å². The third kappa shape index (κ3) is 2.10. The predicted octanol–water partition coefficient (Wildman–Crippen LogP) is 1.23. The maximum atomic E-state index is 4.85. The van der Waals surface area contributed by atoms with Gasteiger partial charge in [-0.2, -0.15) is 4.99 Å². The zero-order valence-corrected chi connectivity index (χ0v) is 6.34. The standard InChI is InChI=1S/C5H7N3OS/c1-2-9-3-6-5-8-7-4-10-5/h3-4H,2H2,1H3/b6-3+. The largest absolute Gasteiger partial charge is 0.483 e. The Kier molecular flexibility index (Phi) is 2.82. The first kappa shape index (κ1) is 7.14. The number of nitrogens with zero attached hydrogens (tertiary/aromatic N) is 3. The molecule has 0 amide bonds. The molecule has 1 heterocycles. The van der Waals surface area contributed by atoms with Gasteiger partial charge in [0.2, 0.25) is 5.13 Å². The number of rotatable bonds is 3. The summed E-state index contributed by atoms with van der Waals surface area (Å²) in [5.41, 5.74) is 1.62. The summed E-state index contributed by atoms with van der Waals surface area (Å²) in [6, 6.07) is 0. The van der Waals surface area contributed by atoms with Crippen molar-refractivity contribution in [3.8, 4) is 0 Å². The van der Waals surface area contributed by atoms with Crippen molar-refractivity contribution in [1.82, 2.24) is 10.2 Å². The highest BCUT2D eigenvalue weighted by Crippen LogP contribution is 2.10. The predicted molar refractivity (Wildman–Crippen MR) is 39.7 cm³/mol. The van der Waals surface area contributed by atoms with E-state index < -0.39 is 0 Å². The Hall–Kier alpha value is -0.970. The van der Waals surface area contributed by atoms with Crippen LogP contribution in [0.3, 0.4) is 0 Å². The average Bonchev–Trinajstić information content (AvgIpc) is 2.41. The molecular formula is C5H7N3OS. The van der Waals surface area contributed by atoms with Crippen molar-refractivity contribution >= 4 is 22.9 Å². The highest BCUT2D eigenvalue weighted by Gasteiger charge is 1.87. The van der Waals surface area contributed by atoms with Crippen molar-refractivity contribution in [2.75, 3.05) is 6.61 Å². The summed E-state index contributed by atoms with van der Waals surface area (Å²) < 4.78 is 4.85. The fraction of sp³-hybridized carbons (Fsp3) is 0.400. The van der Waals surface area contributed by atoms with Gasteiger partial charge in [0, 0.05) is 0 Å². The summed E-state index contributed by atoms with van der Waals surface area (Å²) in [5, 5.41) is 7.90. The molecule has 4 nitrogen and oxygen atoms in total. The van der Waals surface area contributed by atoms with Gasteiger partial charge in [0.25, 0.3) is 0 Å². The summed E-state index contributed by atoms with van der Waals surface area (Å²) in [6.07, 6.45) is 1.38. The van der Waals surface area contributed by atoms with Crippen LogP contribution in [0.2, 0.25) is 0 Å². The van der Waals surface area contributed by atoms with Crippen LogP contribution < -0.4 is 0 Å². The van der Waals surface area contributed by atoms with Crippen LogP contribution in [-0.2, 0) is 4.74 Å². The van der Waals surface area contributed by atoms with Crippen LogP contribution in [0, 0.1) is 0 Å². The highest BCUT2D eigenvalue weighted by atomic mass is 32.1. The topological polar surface area (TPSA) is 47.4 Å². The SMILES string of the molecule is CCO/C=N/c1nncs1. The van der Waals surface area contributed by atoms with E-state index >= 15 is 0 Å². The molecule has 1 aromatic heterocycles. The highest BCUT2D eigenvalue weighted by molar-refractivity contribution is 7.13. The van der Waals surface area contributed by atoms with E-state index in [9.17, 15) is 0 Å². The first-order chi connectivity index (χ1) is 4.93. The molecular weight excluding hydrogens is 150 g/mol. The average molecular weight is 157 g/mol. The fourth-order valence-corrected chi connectivity index (χ4v) is 0.767. The molecule has 1 aromatic rings. The number of aromatic nitrogens is 2.